The number of rotatable bonds is 5. The molecule has 0 bridgehead atoms. The van der Waals surface area contributed by atoms with E-state index in [1.54, 1.807) is 28.9 Å². The first-order chi connectivity index (χ1) is 15.3. The van der Waals surface area contributed by atoms with Gasteiger partial charge in [0.15, 0.2) is 5.52 Å². The molecule has 0 aliphatic heterocycles. The maximum atomic E-state index is 13.4. The molecule has 7 nitrogen and oxygen atoms in total. The molecular formula is C24H24ClN5O2. The third-order valence-corrected chi connectivity index (χ3v) is 5.74. The van der Waals surface area contributed by atoms with E-state index in [1.165, 1.54) is 4.68 Å². The Morgan fingerprint density at radius 3 is 2.47 bits per heavy atom. The lowest BCUT2D eigenvalue weighted by atomic mass is 10.1. The van der Waals surface area contributed by atoms with E-state index in [9.17, 15) is 9.59 Å². The molecule has 0 saturated heterocycles. The van der Waals surface area contributed by atoms with Crippen molar-refractivity contribution in [3.63, 3.8) is 0 Å². The van der Waals surface area contributed by atoms with E-state index >= 15 is 0 Å². The minimum atomic E-state index is -0.783. The van der Waals surface area contributed by atoms with Crippen molar-refractivity contribution in [3.8, 4) is 5.69 Å². The molecule has 1 N–H and O–H groups in total. The third kappa shape index (κ3) is 3.91. The molecule has 2 aromatic heterocycles. The Bertz CT molecular complexity index is 1370. The van der Waals surface area contributed by atoms with Crippen LogP contribution < -0.4 is 10.9 Å². The Balaban J connectivity index is 1.78. The molecular weight excluding hydrogens is 426 g/mol. The molecule has 0 aliphatic rings. The molecule has 0 unspecified atom stereocenters. The molecule has 164 valence electrons. The van der Waals surface area contributed by atoms with E-state index in [-0.39, 0.29) is 5.91 Å². The first-order valence-corrected chi connectivity index (χ1v) is 10.8. The Morgan fingerprint density at radius 1 is 1.09 bits per heavy atom. The zero-order valence-corrected chi connectivity index (χ0v) is 19.1. The van der Waals surface area contributed by atoms with Crippen LogP contribution in [0.1, 0.15) is 36.3 Å². The first-order valence-electron chi connectivity index (χ1n) is 10.4. The van der Waals surface area contributed by atoms with Crippen molar-refractivity contribution < 1.29 is 4.79 Å². The van der Waals surface area contributed by atoms with Crippen LogP contribution in [0.2, 0.25) is 5.02 Å². The Labute approximate surface area is 190 Å². The van der Waals surface area contributed by atoms with Gasteiger partial charge in [0, 0.05) is 10.7 Å². The molecule has 1 amide bonds. The van der Waals surface area contributed by atoms with E-state index in [0.717, 1.165) is 16.9 Å². The van der Waals surface area contributed by atoms with Crippen LogP contribution in [0, 0.1) is 20.8 Å². The molecule has 0 spiro atoms. The second kappa shape index (κ2) is 8.59. The summed E-state index contributed by atoms with van der Waals surface area (Å²) >= 11 is 6.02. The largest absolute Gasteiger partial charge is 0.324 e. The standard InChI is InChI=1S/C24H24ClN5O2/c1-5-20(23(31)26-18-8-6-7-17(25)13-18)30-24(32)22-21(15(3)27-30)16(4)29(28-22)19-11-9-14(2)10-12-19/h6-13,20H,5H2,1-4H3,(H,26,31)/t20-/m1/s1. The molecule has 2 heterocycles. The van der Waals surface area contributed by atoms with Gasteiger partial charge >= 0.3 is 0 Å². The lowest BCUT2D eigenvalue weighted by Gasteiger charge is -2.17. The Kier molecular flexibility index (Phi) is 5.84. The predicted octanol–water partition coefficient (Wildman–Crippen LogP) is 4.75. The van der Waals surface area contributed by atoms with Crippen LogP contribution in [-0.4, -0.2) is 25.5 Å². The van der Waals surface area contributed by atoms with Crippen LogP contribution in [0.4, 0.5) is 5.69 Å². The highest BCUT2D eigenvalue weighted by molar-refractivity contribution is 6.30. The zero-order valence-electron chi connectivity index (χ0n) is 18.4. The molecule has 32 heavy (non-hydrogen) atoms. The van der Waals surface area contributed by atoms with Crippen molar-refractivity contribution in [2.24, 2.45) is 0 Å². The number of fused-ring (bicyclic) bond motifs is 1. The summed E-state index contributed by atoms with van der Waals surface area (Å²) in [4.78, 5) is 26.4. The number of carbonyl (C=O) groups excluding carboxylic acids is 1. The van der Waals surface area contributed by atoms with Crippen molar-refractivity contribution in [1.82, 2.24) is 19.6 Å². The van der Waals surface area contributed by atoms with Gasteiger partial charge in [-0.2, -0.15) is 10.2 Å². The summed E-state index contributed by atoms with van der Waals surface area (Å²) in [6, 6.07) is 14.0. The summed E-state index contributed by atoms with van der Waals surface area (Å²) in [6.07, 6.45) is 0.391. The van der Waals surface area contributed by atoms with Crippen molar-refractivity contribution in [1.29, 1.82) is 0 Å². The Morgan fingerprint density at radius 2 is 1.81 bits per heavy atom. The fourth-order valence-electron chi connectivity index (χ4n) is 3.86. The van der Waals surface area contributed by atoms with E-state index in [1.807, 2.05) is 52.0 Å². The van der Waals surface area contributed by atoms with Crippen LogP contribution in [0.15, 0.2) is 53.3 Å². The summed E-state index contributed by atoms with van der Waals surface area (Å²) in [5.41, 5.74) is 3.93. The van der Waals surface area contributed by atoms with Crippen molar-refractivity contribution in [2.75, 3.05) is 5.32 Å². The predicted molar refractivity (Wildman–Crippen MR) is 127 cm³/mol. The summed E-state index contributed by atoms with van der Waals surface area (Å²) < 4.78 is 2.99. The van der Waals surface area contributed by atoms with Gasteiger partial charge in [0.1, 0.15) is 6.04 Å². The number of anilines is 1. The summed E-state index contributed by atoms with van der Waals surface area (Å²) in [5, 5.41) is 13.1. The number of benzene rings is 2. The second-order valence-corrected chi connectivity index (χ2v) is 8.25. The maximum Gasteiger partial charge on any atom is 0.295 e. The van der Waals surface area contributed by atoms with Crippen LogP contribution in [0.5, 0.6) is 0 Å². The van der Waals surface area contributed by atoms with Gasteiger partial charge in [-0.25, -0.2) is 9.36 Å². The number of aryl methyl sites for hydroxylation is 3. The van der Waals surface area contributed by atoms with Gasteiger partial charge in [0.05, 0.1) is 22.5 Å². The normalized spacial score (nSPS) is 12.2. The summed E-state index contributed by atoms with van der Waals surface area (Å²) in [5.74, 6) is -0.335. The highest BCUT2D eigenvalue weighted by atomic mass is 35.5. The second-order valence-electron chi connectivity index (χ2n) is 7.82. The van der Waals surface area contributed by atoms with Gasteiger partial charge in [0.2, 0.25) is 5.91 Å². The van der Waals surface area contributed by atoms with Gasteiger partial charge in [0.25, 0.3) is 5.56 Å². The van der Waals surface area contributed by atoms with Crippen molar-refractivity contribution >= 4 is 34.1 Å². The topological polar surface area (TPSA) is 81.8 Å². The van der Waals surface area contributed by atoms with Gasteiger partial charge in [-0.05, 0) is 57.5 Å². The maximum absolute atomic E-state index is 13.4. The van der Waals surface area contributed by atoms with E-state index in [0.29, 0.717) is 33.7 Å². The average molecular weight is 450 g/mol. The lowest BCUT2D eigenvalue weighted by Crippen LogP contribution is -2.35. The molecule has 1 atom stereocenters. The van der Waals surface area contributed by atoms with Gasteiger partial charge in [-0.1, -0.05) is 42.3 Å². The van der Waals surface area contributed by atoms with Crippen molar-refractivity contribution in [3.05, 3.63) is 80.9 Å². The SMILES string of the molecule is CC[C@H](C(=O)Nc1cccc(Cl)c1)n1nc(C)c2c(C)n(-c3ccc(C)cc3)nc2c1=O. The van der Waals surface area contributed by atoms with Crippen molar-refractivity contribution in [2.45, 2.75) is 40.2 Å². The van der Waals surface area contributed by atoms with Gasteiger partial charge in [-0.3, -0.25) is 9.59 Å². The smallest absolute Gasteiger partial charge is 0.295 e. The minimum absolute atomic E-state index is 0.296. The van der Waals surface area contributed by atoms with Crippen LogP contribution in [-0.2, 0) is 4.79 Å². The number of nitrogens with one attached hydrogen (secondary N) is 1. The van der Waals surface area contributed by atoms with Gasteiger partial charge < -0.3 is 5.32 Å². The molecule has 2 aromatic carbocycles. The monoisotopic (exact) mass is 449 g/mol. The number of amides is 1. The number of carbonyl (C=O) groups is 1. The number of nitrogens with zero attached hydrogens (tertiary/aromatic N) is 4. The quantitative estimate of drug-likeness (QED) is 0.476. The zero-order chi connectivity index (χ0) is 23.0. The van der Waals surface area contributed by atoms with Gasteiger partial charge in [-0.15, -0.1) is 0 Å². The van der Waals surface area contributed by atoms with Crippen LogP contribution in [0.25, 0.3) is 16.6 Å². The molecule has 0 fully saturated rings. The third-order valence-electron chi connectivity index (χ3n) is 5.50. The molecule has 0 saturated carbocycles. The van der Waals surface area contributed by atoms with Crippen LogP contribution >= 0.6 is 11.6 Å². The summed E-state index contributed by atoms with van der Waals surface area (Å²) in [7, 11) is 0. The average Bonchev–Trinajstić information content (AvgIpc) is 3.11. The summed E-state index contributed by atoms with van der Waals surface area (Å²) in [6.45, 7) is 7.60. The molecule has 0 radical (unpaired) electrons. The fourth-order valence-corrected chi connectivity index (χ4v) is 4.05. The lowest BCUT2D eigenvalue weighted by molar-refractivity contribution is -0.119. The number of hydrogen-bond donors (Lipinski definition) is 1. The minimum Gasteiger partial charge on any atom is -0.324 e. The number of hydrogen-bond acceptors (Lipinski definition) is 4. The Hall–Kier alpha value is -3.45. The number of aromatic nitrogens is 4. The van der Waals surface area contributed by atoms with E-state index in [4.69, 9.17) is 11.6 Å². The number of halogens is 1. The van der Waals surface area contributed by atoms with Crippen LogP contribution in [0.3, 0.4) is 0 Å². The van der Waals surface area contributed by atoms with E-state index in [2.05, 4.69) is 15.5 Å². The first kappa shape index (κ1) is 21.8. The highest BCUT2D eigenvalue weighted by Gasteiger charge is 2.25. The van der Waals surface area contributed by atoms with E-state index < -0.39 is 11.6 Å². The molecule has 4 aromatic rings. The fraction of sp³-hybridized carbons (Fsp3) is 0.250. The highest BCUT2D eigenvalue weighted by Crippen LogP contribution is 2.23. The molecule has 4 rings (SSSR count). The molecule has 0 aliphatic carbocycles. The molecule has 8 heteroatoms.